The van der Waals surface area contributed by atoms with Crippen LogP contribution in [-0.4, -0.2) is 24.2 Å². The molecule has 2 aromatic rings. The molecular weight excluding hydrogens is 336 g/mol. The second kappa shape index (κ2) is 7.04. The Morgan fingerprint density at radius 2 is 1.92 bits per heavy atom. The first-order chi connectivity index (χ1) is 11.3. The Kier molecular flexibility index (Phi) is 5.09. The second-order valence-electron chi connectivity index (χ2n) is 4.66. The lowest BCUT2D eigenvalue weighted by molar-refractivity contribution is -0.384. The van der Waals surface area contributed by atoms with Gasteiger partial charge in [0.05, 0.1) is 4.92 Å². The van der Waals surface area contributed by atoms with E-state index in [1.54, 1.807) is 0 Å². The van der Waals surface area contributed by atoms with E-state index in [9.17, 15) is 23.3 Å². The van der Waals surface area contributed by atoms with E-state index in [1.807, 2.05) is 4.72 Å². The molecular formula is C14H14N4O5S. The van der Waals surface area contributed by atoms with E-state index in [-0.39, 0.29) is 22.8 Å². The van der Waals surface area contributed by atoms with Crippen LogP contribution in [0.25, 0.3) is 0 Å². The van der Waals surface area contributed by atoms with E-state index in [4.69, 9.17) is 0 Å². The van der Waals surface area contributed by atoms with Crippen LogP contribution < -0.4 is 10.0 Å². The topological polar surface area (TPSA) is 131 Å². The number of rotatable bonds is 6. The van der Waals surface area contributed by atoms with Crippen molar-refractivity contribution < 1.29 is 18.1 Å². The second-order valence-corrected chi connectivity index (χ2v) is 6.31. The predicted octanol–water partition coefficient (Wildman–Crippen LogP) is 1.95. The van der Waals surface area contributed by atoms with Crippen LogP contribution in [-0.2, 0) is 14.8 Å². The van der Waals surface area contributed by atoms with Gasteiger partial charge in [-0.25, -0.2) is 18.1 Å². The molecule has 10 heteroatoms. The number of non-ortho nitro benzene ring substituents is 1. The molecule has 2 rings (SSSR count). The summed E-state index contributed by atoms with van der Waals surface area (Å²) >= 11 is 0. The standard InChI is InChI=1S/C14H14N4O5S/c1-2-13(19)17-24(22,23)12-4-3-9-15-14(12)16-10-5-7-11(8-6-10)18(20)21/h3-9H,2H2,1H3,(H,15,16)(H,17,19). The third-order valence-electron chi connectivity index (χ3n) is 2.97. The van der Waals surface area contributed by atoms with Crippen molar-refractivity contribution >= 4 is 33.1 Å². The molecule has 0 unspecified atom stereocenters. The quantitative estimate of drug-likeness (QED) is 0.601. The molecule has 0 aliphatic heterocycles. The van der Waals surface area contributed by atoms with Crippen molar-refractivity contribution in [2.24, 2.45) is 0 Å². The van der Waals surface area contributed by atoms with Crippen LogP contribution in [0.1, 0.15) is 13.3 Å². The number of pyridine rings is 1. The number of nitrogens with zero attached hydrogens (tertiary/aromatic N) is 2. The zero-order valence-corrected chi connectivity index (χ0v) is 13.4. The normalized spacial score (nSPS) is 10.9. The third-order valence-corrected chi connectivity index (χ3v) is 4.38. The summed E-state index contributed by atoms with van der Waals surface area (Å²) < 4.78 is 26.4. The lowest BCUT2D eigenvalue weighted by Gasteiger charge is -2.11. The molecule has 1 amide bonds. The first-order valence-corrected chi connectivity index (χ1v) is 8.34. The maximum absolute atomic E-state index is 12.3. The zero-order chi connectivity index (χ0) is 17.7. The minimum Gasteiger partial charge on any atom is -0.339 e. The van der Waals surface area contributed by atoms with Gasteiger partial charge < -0.3 is 5.32 Å². The molecule has 1 heterocycles. The van der Waals surface area contributed by atoms with Gasteiger partial charge in [-0.15, -0.1) is 0 Å². The van der Waals surface area contributed by atoms with Crippen LogP contribution in [0.3, 0.4) is 0 Å². The largest absolute Gasteiger partial charge is 0.339 e. The molecule has 0 saturated carbocycles. The molecule has 0 fully saturated rings. The van der Waals surface area contributed by atoms with Crippen LogP contribution >= 0.6 is 0 Å². The fraction of sp³-hybridized carbons (Fsp3) is 0.143. The smallest absolute Gasteiger partial charge is 0.269 e. The van der Waals surface area contributed by atoms with Gasteiger partial charge in [-0.05, 0) is 24.3 Å². The number of carbonyl (C=O) groups is 1. The number of nitrogens with one attached hydrogen (secondary N) is 2. The molecule has 1 aromatic heterocycles. The van der Waals surface area contributed by atoms with Crippen molar-refractivity contribution in [2.75, 3.05) is 5.32 Å². The monoisotopic (exact) mass is 350 g/mol. The lowest BCUT2D eigenvalue weighted by atomic mass is 10.3. The zero-order valence-electron chi connectivity index (χ0n) is 12.6. The molecule has 0 aliphatic rings. The third kappa shape index (κ3) is 4.04. The highest BCUT2D eigenvalue weighted by atomic mass is 32.2. The van der Waals surface area contributed by atoms with Crippen molar-refractivity contribution in [2.45, 2.75) is 18.2 Å². The van der Waals surface area contributed by atoms with Crippen LogP contribution in [0, 0.1) is 10.1 Å². The summed E-state index contributed by atoms with van der Waals surface area (Å²) in [6.07, 6.45) is 1.40. The summed E-state index contributed by atoms with van der Waals surface area (Å²) in [5, 5.41) is 13.4. The summed E-state index contributed by atoms with van der Waals surface area (Å²) in [7, 11) is -4.08. The van der Waals surface area contributed by atoms with Gasteiger partial charge >= 0.3 is 0 Å². The van der Waals surface area contributed by atoms with E-state index >= 15 is 0 Å². The van der Waals surface area contributed by atoms with E-state index < -0.39 is 20.9 Å². The first-order valence-electron chi connectivity index (χ1n) is 6.85. The average molecular weight is 350 g/mol. The number of nitro benzene ring substituents is 1. The van der Waals surface area contributed by atoms with Gasteiger partial charge in [0.25, 0.3) is 15.7 Å². The minimum absolute atomic E-state index is 0.00255. The van der Waals surface area contributed by atoms with Crippen LogP contribution in [0.15, 0.2) is 47.5 Å². The molecule has 1 aromatic carbocycles. The van der Waals surface area contributed by atoms with Crippen molar-refractivity contribution in [1.29, 1.82) is 0 Å². The van der Waals surface area contributed by atoms with E-state index in [0.29, 0.717) is 5.69 Å². The maximum atomic E-state index is 12.3. The Hall–Kier alpha value is -3.01. The molecule has 0 bridgehead atoms. The number of hydrogen-bond acceptors (Lipinski definition) is 7. The molecule has 2 N–H and O–H groups in total. The van der Waals surface area contributed by atoms with E-state index in [2.05, 4.69) is 10.3 Å². The Balaban J connectivity index is 2.32. The molecule has 9 nitrogen and oxygen atoms in total. The Bertz CT molecular complexity index is 865. The summed E-state index contributed by atoms with van der Waals surface area (Å²) in [4.78, 5) is 25.2. The number of benzene rings is 1. The predicted molar refractivity (Wildman–Crippen MR) is 86.2 cm³/mol. The molecule has 0 radical (unpaired) electrons. The lowest BCUT2D eigenvalue weighted by Crippen LogP contribution is -2.30. The van der Waals surface area contributed by atoms with Crippen LogP contribution in [0.4, 0.5) is 17.2 Å². The van der Waals surface area contributed by atoms with Crippen molar-refractivity contribution in [3.63, 3.8) is 0 Å². The Morgan fingerprint density at radius 1 is 1.25 bits per heavy atom. The van der Waals surface area contributed by atoms with Gasteiger partial charge in [-0.1, -0.05) is 6.92 Å². The van der Waals surface area contributed by atoms with Crippen molar-refractivity contribution in [1.82, 2.24) is 9.71 Å². The van der Waals surface area contributed by atoms with E-state index in [0.717, 1.165) is 0 Å². The Morgan fingerprint density at radius 3 is 2.50 bits per heavy atom. The van der Waals surface area contributed by atoms with Crippen molar-refractivity contribution in [3.05, 3.63) is 52.7 Å². The highest BCUT2D eigenvalue weighted by molar-refractivity contribution is 7.90. The summed E-state index contributed by atoms with van der Waals surface area (Å²) in [5.41, 5.74) is 0.321. The molecule has 0 aliphatic carbocycles. The van der Waals surface area contributed by atoms with Gasteiger partial charge in [0, 0.05) is 30.4 Å². The number of aromatic nitrogens is 1. The van der Waals surface area contributed by atoms with Gasteiger partial charge in [-0.3, -0.25) is 14.9 Å². The molecule has 0 spiro atoms. The number of sulfonamides is 1. The molecule has 126 valence electrons. The number of hydrogen-bond donors (Lipinski definition) is 2. The fourth-order valence-electron chi connectivity index (χ4n) is 1.78. The summed E-state index contributed by atoms with van der Waals surface area (Å²) in [5.74, 6) is -0.636. The molecule has 0 atom stereocenters. The van der Waals surface area contributed by atoms with E-state index in [1.165, 1.54) is 49.5 Å². The maximum Gasteiger partial charge on any atom is 0.269 e. The first kappa shape index (κ1) is 17.3. The highest BCUT2D eigenvalue weighted by Crippen LogP contribution is 2.24. The average Bonchev–Trinajstić information content (AvgIpc) is 2.55. The number of nitro groups is 1. The fourth-order valence-corrected chi connectivity index (χ4v) is 2.95. The molecule has 0 saturated heterocycles. The highest BCUT2D eigenvalue weighted by Gasteiger charge is 2.21. The summed E-state index contributed by atoms with van der Waals surface area (Å²) in [6.45, 7) is 1.53. The van der Waals surface area contributed by atoms with Gasteiger partial charge in [0.15, 0.2) is 5.82 Å². The summed E-state index contributed by atoms with van der Waals surface area (Å²) in [6, 6.07) is 8.12. The van der Waals surface area contributed by atoms with Crippen molar-refractivity contribution in [3.8, 4) is 0 Å². The van der Waals surface area contributed by atoms with Crippen LogP contribution in [0.5, 0.6) is 0 Å². The number of amides is 1. The van der Waals surface area contributed by atoms with Gasteiger partial charge in [-0.2, -0.15) is 0 Å². The van der Waals surface area contributed by atoms with Gasteiger partial charge in [0.1, 0.15) is 4.90 Å². The minimum atomic E-state index is -4.08. The Labute approximate surface area is 137 Å². The van der Waals surface area contributed by atoms with Crippen LogP contribution in [0.2, 0.25) is 0 Å². The number of carbonyl (C=O) groups excluding carboxylic acids is 1. The number of anilines is 2. The van der Waals surface area contributed by atoms with Gasteiger partial charge in [0.2, 0.25) is 5.91 Å². The SMILES string of the molecule is CCC(=O)NS(=O)(=O)c1cccnc1Nc1ccc([N+](=O)[O-])cc1. The molecule has 24 heavy (non-hydrogen) atoms.